The van der Waals surface area contributed by atoms with Crippen molar-refractivity contribution in [2.45, 2.75) is 5.37 Å². The molecule has 0 radical (unpaired) electrons. The summed E-state index contributed by atoms with van der Waals surface area (Å²) in [4.78, 5) is 19.0. The summed E-state index contributed by atoms with van der Waals surface area (Å²) < 4.78 is 4.77. The molecule has 1 unspecified atom stereocenters. The molecule has 1 aromatic carbocycles. The minimum atomic E-state index is -0.380. The van der Waals surface area contributed by atoms with Gasteiger partial charge in [0, 0.05) is 11.1 Å². The molecule has 1 aliphatic heterocycles. The Morgan fingerprint density at radius 1 is 1.32 bits per heavy atom. The predicted molar refractivity (Wildman–Crippen MR) is 78.9 cm³/mol. The van der Waals surface area contributed by atoms with Gasteiger partial charge in [-0.2, -0.15) is 0 Å². The van der Waals surface area contributed by atoms with Crippen LogP contribution in [0.5, 0.6) is 0 Å². The van der Waals surface area contributed by atoms with Crippen LogP contribution in [0.1, 0.15) is 5.56 Å². The van der Waals surface area contributed by atoms with Gasteiger partial charge in [-0.05, 0) is 19.7 Å². The van der Waals surface area contributed by atoms with Crippen molar-refractivity contribution in [3.8, 4) is 0 Å². The SMILES string of the molecule is COC(=O)C1=NC=C(c2ccccc2)SC1N(C)C. The fourth-order valence-corrected chi connectivity index (χ4v) is 2.86. The Kier molecular flexibility index (Phi) is 4.39. The molecule has 0 aliphatic carbocycles. The molecule has 19 heavy (non-hydrogen) atoms. The largest absolute Gasteiger partial charge is 0.464 e. The first-order valence-electron chi connectivity index (χ1n) is 5.88. The van der Waals surface area contributed by atoms with Gasteiger partial charge in [0.2, 0.25) is 0 Å². The summed E-state index contributed by atoms with van der Waals surface area (Å²) in [5.74, 6) is -0.380. The van der Waals surface area contributed by atoms with Crippen molar-refractivity contribution in [1.82, 2.24) is 4.90 Å². The average Bonchev–Trinajstić information content (AvgIpc) is 2.46. The lowest BCUT2D eigenvalue weighted by Gasteiger charge is -2.27. The maximum atomic E-state index is 11.7. The molecular formula is C14H16N2O2S. The highest BCUT2D eigenvalue weighted by Crippen LogP contribution is 2.35. The molecule has 4 nitrogen and oxygen atoms in total. The maximum Gasteiger partial charge on any atom is 0.354 e. The van der Waals surface area contributed by atoms with Gasteiger partial charge in [-0.1, -0.05) is 42.1 Å². The summed E-state index contributed by atoms with van der Waals surface area (Å²) in [6.07, 6.45) is 1.73. The summed E-state index contributed by atoms with van der Waals surface area (Å²) in [5.41, 5.74) is 1.53. The molecule has 0 amide bonds. The summed E-state index contributed by atoms with van der Waals surface area (Å²) in [6, 6.07) is 10.0. The molecule has 1 aliphatic rings. The quantitative estimate of drug-likeness (QED) is 0.794. The number of thioether (sulfide) groups is 1. The Morgan fingerprint density at radius 2 is 2.00 bits per heavy atom. The van der Waals surface area contributed by atoms with Crippen molar-refractivity contribution in [2.24, 2.45) is 4.99 Å². The zero-order valence-corrected chi connectivity index (χ0v) is 12.0. The second kappa shape index (κ2) is 6.04. The molecule has 5 heteroatoms. The van der Waals surface area contributed by atoms with Crippen LogP contribution in [0.15, 0.2) is 41.5 Å². The van der Waals surface area contributed by atoms with Gasteiger partial charge in [0.05, 0.1) is 7.11 Å². The Bertz CT molecular complexity index is 524. The van der Waals surface area contributed by atoms with Crippen LogP contribution in [0, 0.1) is 0 Å². The molecule has 0 spiro atoms. The lowest BCUT2D eigenvalue weighted by Crippen LogP contribution is -2.39. The zero-order valence-electron chi connectivity index (χ0n) is 11.2. The highest BCUT2D eigenvalue weighted by molar-refractivity contribution is 8.09. The number of esters is 1. The van der Waals surface area contributed by atoms with E-state index in [0.717, 1.165) is 10.5 Å². The van der Waals surface area contributed by atoms with E-state index in [1.54, 1.807) is 18.0 Å². The number of benzene rings is 1. The molecule has 1 heterocycles. The monoisotopic (exact) mass is 276 g/mol. The van der Waals surface area contributed by atoms with Crippen molar-refractivity contribution in [3.63, 3.8) is 0 Å². The van der Waals surface area contributed by atoms with Crippen molar-refractivity contribution in [1.29, 1.82) is 0 Å². The van der Waals surface area contributed by atoms with Gasteiger partial charge in [-0.25, -0.2) is 9.79 Å². The third kappa shape index (κ3) is 3.05. The van der Waals surface area contributed by atoms with Crippen molar-refractivity contribution in [3.05, 3.63) is 42.1 Å². The van der Waals surface area contributed by atoms with Crippen LogP contribution in [-0.4, -0.2) is 43.2 Å². The molecular weight excluding hydrogens is 260 g/mol. The third-order valence-corrected chi connectivity index (χ3v) is 4.18. The van der Waals surface area contributed by atoms with E-state index in [2.05, 4.69) is 4.99 Å². The first kappa shape index (κ1) is 13.8. The number of aliphatic imine (C=N–C) groups is 1. The minimum absolute atomic E-state index is 0.132. The van der Waals surface area contributed by atoms with E-state index >= 15 is 0 Å². The Morgan fingerprint density at radius 3 is 2.58 bits per heavy atom. The number of ether oxygens (including phenoxy) is 1. The molecule has 1 atom stereocenters. The Balaban J connectivity index is 2.34. The number of nitrogens with zero attached hydrogens (tertiary/aromatic N) is 2. The summed E-state index contributed by atoms with van der Waals surface area (Å²) >= 11 is 1.60. The molecule has 0 saturated carbocycles. The topological polar surface area (TPSA) is 41.9 Å². The molecule has 0 N–H and O–H groups in total. The second-order valence-electron chi connectivity index (χ2n) is 4.30. The highest BCUT2D eigenvalue weighted by Gasteiger charge is 2.30. The first-order chi connectivity index (χ1) is 9.13. The first-order valence-corrected chi connectivity index (χ1v) is 6.76. The summed E-state index contributed by atoms with van der Waals surface area (Å²) in [6.45, 7) is 0. The summed E-state index contributed by atoms with van der Waals surface area (Å²) in [5, 5.41) is -0.132. The van der Waals surface area contributed by atoms with E-state index in [4.69, 9.17) is 4.74 Å². The number of methoxy groups -OCH3 is 1. The second-order valence-corrected chi connectivity index (χ2v) is 5.42. The Labute approximate surface area is 117 Å². The van der Waals surface area contributed by atoms with Crippen LogP contribution in [0.25, 0.3) is 4.91 Å². The van der Waals surface area contributed by atoms with Gasteiger partial charge in [-0.3, -0.25) is 4.90 Å². The van der Waals surface area contributed by atoms with Gasteiger partial charge in [0.1, 0.15) is 5.37 Å². The van der Waals surface area contributed by atoms with Crippen molar-refractivity contribution >= 4 is 28.3 Å². The standard InChI is InChI=1S/C14H16N2O2S/c1-16(2)13-12(14(17)18-3)15-9-11(19-13)10-7-5-4-6-8-10/h4-9,13H,1-3H3. The van der Waals surface area contributed by atoms with Gasteiger partial charge < -0.3 is 4.74 Å². The number of hydrogen-bond donors (Lipinski definition) is 0. The van der Waals surface area contributed by atoms with Crippen LogP contribution < -0.4 is 0 Å². The van der Waals surface area contributed by atoms with E-state index in [0.29, 0.717) is 5.71 Å². The zero-order chi connectivity index (χ0) is 13.8. The van der Waals surface area contributed by atoms with Crippen LogP contribution in [-0.2, 0) is 9.53 Å². The van der Waals surface area contributed by atoms with Crippen LogP contribution >= 0.6 is 11.8 Å². The molecule has 2 rings (SSSR count). The van der Waals surface area contributed by atoms with Crippen LogP contribution in [0.4, 0.5) is 0 Å². The highest BCUT2D eigenvalue weighted by atomic mass is 32.2. The number of carbonyl (C=O) groups excluding carboxylic acids is 1. The average molecular weight is 276 g/mol. The minimum Gasteiger partial charge on any atom is -0.464 e. The molecule has 1 aromatic rings. The fourth-order valence-electron chi connectivity index (χ4n) is 1.75. The smallest absolute Gasteiger partial charge is 0.354 e. The Hall–Kier alpha value is -1.59. The molecule has 0 bridgehead atoms. The van der Waals surface area contributed by atoms with E-state index < -0.39 is 0 Å². The van der Waals surface area contributed by atoms with Crippen molar-refractivity contribution < 1.29 is 9.53 Å². The lowest BCUT2D eigenvalue weighted by atomic mass is 10.2. The number of carbonyl (C=O) groups is 1. The molecule has 100 valence electrons. The van der Waals surface area contributed by atoms with Crippen LogP contribution in [0.2, 0.25) is 0 Å². The number of rotatable bonds is 3. The van der Waals surface area contributed by atoms with E-state index in [1.807, 2.05) is 49.3 Å². The number of hydrogen-bond acceptors (Lipinski definition) is 5. The predicted octanol–water partition coefficient (Wildman–Crippen LogP) is 2.23. The van der Waals surface area contributed by atoms with Gasteiger partial charge >= 0.3 is 5.97 Å². The van der Waals surface area contributed by atoms with E-state index in [1.165, 1.54) is 7.11 Å². The maximum absolute atomic E-state index is 11.7. The van der Waals surface area contributed by atoms with E-state index in [-0.39, 0.29) is 11.3 Å². The van der Waals surface area contributed by atoms with Gasteiger partial charge in [0.25, 0.3) is 0 Å². The summed E-state index contributed by atoms with van der Waals surface area (Å²) in [7, 11) is 5.22. The third-order valence-electron chi connectivity index (χ3n) is 2.72. The van der Waals surface area contributed by atoms with E-state index in [9.17, 15) is 4.79 Å². The molecule has 0 aromatic heterocycles. The van der Waals surface area contributed by atoms with Gasteiger partial charge in [-0.15, -0.1) is 0 Å². The van der Waals surface area contributed by atoms with Gasteiger partial charge in [0.15, 0.2) is 5.71 Å². The molecule has 0 saturated heterocycles. The molecule has 0 fully saturated rings. The normalized spacial score (nSPS) is 18.8. The van der Waals surface area contributed by atoms with Crippen molar-refractivity contribution in [2.75, 3.05) is 21.2 Å². The fraction of sp³-hybridized carbons (Fsp3) is 0.286. The lowest BCUT2D eigenvalue weighted by molar-refractivity contribution is -0.132. The van der Waals surface area contributed by atoms with Crippen LogP contribution in [0.3, 0.4) is 0 Å².